The number of nitrogens with two attached hydrogens (primary N) is 1. The molecule has 112 valence electrons. The van der Waals surface area contributed by atoms with Gasteiger partial charge in [0.25, 0.3) is 5.91 Å². The molecule has 21 heavy (non-hydrogen) atoms. The normalized spacial score (nSPS) is 27.2. The van der Waals surface area contributed by atoms with Gasteiger partial charge in [0.2, 0.25) is 5.91 Å². The number of aryl methyl sites for hydroxylation is 1. The molecule has 0 saturated heterocycles. The van der Waals surface area contributed by atoms with E-state index in [0.717, 1.165) is 11.6 Å². The molecule has 1 aliphatic carbocycles. The average molecular weight is 290 g/mol. The molecule has 3 rings (SSSR count). The Morgan fingerprint density at radius 2 is 2.33 bits per heavy atom. The van der Waals surface area contributed by atoms with Gasteiger partial charge in [0, 0.05) is 19.6 Å². The SMILES string of the molecule is Cc1ncc2n1CCC1(CC1NC(=O)C(=N)N)C(=O)N2C. The maximum Gasteiger partial charge on any atom is 0.286 e. The van der Waals surface area contributed by atoms with Gasteiger partial charge < -0.3 is 15.6 Å². The van der Waals surface area contributed by atoms with Crippen molar-refractivity contribution in [2.75, 3.05) is 11.9 Å². The topological polar surface area (TPSA) is 117 Å². The van der Waals surface area contributed by atoms with Crippen molar-refractivity contribution in [3.05, 3.63) is 12.0 Å². The molecule has 2 unspecified atom stereocenters. The Balaban J connectivity index is 1.83. The number of fused-ring (bicyclic) bond motifs is 1. The van der Waals surface area contributed by atoms with E-state index in [0.29, 0.717) is 19.4 Å². The number of hydrogen-bond donors (Lipinski definition) is 3. The average Bonchev–Trinajstić information content (AvgIpc) is 3.03. The first-order valence-corrected chi connectivity index (χ1v) is 6.82. The van der Waals surface area contributed by atoms with Crippen LogP contribution < -0.4 is 16.0 Å². The van der Waals surface area contributed by atoms with Crippen molar-refractivity contribution in [1.82, 2.24) is 14.9 Å². The first-order valence-electron chi connectivity index (χ1n) is 6.82. The highest BCUT2D eigenvalue weighted by Gasteiger charge is 2.62. The van der Waals surface area contributed by atoms with E-state index in [4.69, 9.17) is 11.1 Å². The Kier molecular flexibility index (Phi) is 2.79. The third-order valence-electron chi connectivity index (χ3n) is 4.51. The predicted octanol–water partition coefficient (Wildman–Crippen LogP) is -0.631. The van der Waals surface area contributed by atoms with Gasteiger partial charge in [0.15, 0.2) is 5.84 Å². The Hall–Kier alpha value is -2.38. The highest BCUT2D eigenvalue weighted by molar-refractivity contribution is 6.36. The molecule has 1 fully saturated rings. The van der Waals surface area contributed by atoms with Crippen molar-refractivity contribution < 1.29 is 9.59 Å². The van der Waals surface area contributed by atoms with Crippen LogP contribution in [0.3, 0.4) is 0 Å². The van der Waals surface area contributed by atoms with Crippen LogP contribution in [0.25, 0.3) is 0 Å². The zero-order chi connectivity index (χ0) is 15.4. The zero-order valence-electron chi connectivity index (χ0n) is 12.0. The lowest BCUT2D eigenvalue weighted by atomic mass is 10.00. The van der Waals surface area contributed by atoms with Crippen molar-refractivity contribution in [1.29, 1.82) is 5.41 Å². The van der Waals surface area contributed by atoms with Gasteiger partial charge in [-0.25, -0.2) is 4.98 Å². The van der Waals surface area contributed by atoms with Crippen LogP contribution in [0.15, 0.2) is 6.20 Å². The van der Waals surface area contributed by atoms with Crippen LogP contribution in [0, 0.1) is 17.7 Å². The molecule has 1 aromatic heterocycles. The largest absolute Gasteiger partial charge is 0.380 e. The smallest absolute Gasteiger partial charge is 0.286 e. The Bertz CT molecular complexity index is 651. The number of amides is 2. The summed E-state index contributed by atoms with van der Waals surface area (Å²) < 4.78 is 2.01. The second-order valence-corrected chi connectivity index (χ2v) is 5.73. The molecule has 2 aliphatic rings. The summed E-state index contributed by atoms with van der Waals surface area (Å²) in [6, 6.07) is -0.248. The van der Waals surface area contributed by atoms with Crippen molar-refractivity contribution in [2.24, 2.45) is 11.1 Å². The summed E-state index contributed by atoms with van der Waals surface area (Å²) in [5.74, 6) is 0.478. The van der Waals surface area contributed by atoms with Crippen LogP contribution in [-0.2, 0) is 16.1 Å². The number of carbonyl (C=O) groups excluding carboxylic acids is 2. The van der Waals surface area contributed by atoms with Crippen molar-refractivity contribution >= 4 is 23.5 Å². The van der Waals surface area contributed by atoms with Gasteiger partial charge in [0.1, 0.15) is 11.6 Å². The third-order valence-corrected chi connectivity index (χ3v) is 4.51. The molecule has 1 aliphatic heterocycles. The second kappa shape index (κ2) is 4.31. The number of anilines is 1. The van der Waals surface area contributed by atoms with Gasteiger partial charge in [-0.05, 0) is 19.8 Å². The minimum absolute atomic E-state index is 0.0185. The molecule has 2 heterocycles. The number of aromatic nitrogens is 2. The number of nitrogens with one attached hydrogen (secondary N) is 2. The third kappa shape index (κ3) is 1.90. The van der Waals surface area contributed by atoms with Gasteiger partial charge >= 0.3 is 0 Å². The highest BCUT2D eigenvalue weighted by atomic mass is 16.2. The lowest BCUT2D eigenvalue weighted by Gasteiger charge is -2.20. The number of carbonyl (C=O) groups is 2. The Labute approximate surface area is 121 Å². The summed E-state index contributed by atoms with van der Waals surface area (Å²) in [6.45, 7) is 2.59. The van der Waals surface area contributed by atoms with Crippen LogP contribution in [0.4, 0.5) is 5.82 Å². The fourth-order valence-corrected chi connectivity index (χ4v) is 3.10. The molecule has 1 saturated carbocycles. The second-order valence-electron chi connectivity index (χ2n) is 5.73. The molecule has 2 amide bonds. The number of hydrogen-bond acceptors (Lipinski definition) is 4. The van der Waals surface area contributed by atoms with Gasteiger partial charge in [0.05, 0.1) is 11.6 Å². The summed E-state index contributed by atoms with van der Waals surface area (Å²) in [4.78, 5) is 30.1. The van der Waals surface area contributed by atoms with Crippen LogP contribution >= 0.6 is 0 Å². The molecular weight excluding hydrogens is 272 g/mol. The van der Waals surface area contributed by atoms with E-state index >= 15 is 0 Å². The highest BCUT2D eigenvalue weighted by Crippen LogP contribution is 2.52. The molecule has 4 N–H and O–H groups in total. The molecular formula is C13H18N6O2. The molecule has 1 aromatic rings. The first kappa shape index (κ1) is 13.6. The molecule has 8 heteroatoms. The standard InChI is InChI=1S/C13H18N6O2/c1-7-16-6-9-18(2)12(21)13(3-4-19(7)9)5-8(13)17-11(20)10(14)15/h6,8H,3-5H2,1-2H3,(H3,14,15)(H,17,20). The minimum Gasteiger partial charge on any atom is -0.380 e. The quantitative estimate of drug-likeness (QED) is 0.471. The molecule has 8 nitrogen and oxygen atoms in total. The first-order chi connectivity index (χ1) is 9.86. The molecule has 0 aromatic carbocycles. The van der Waals surface area contributed by atoms with Crippen LogP contribution in [0.2, 0.25) is 0 Å². The summed E-state index contributed by atoms with van der Waals surface area (Å²) >= 11 is 0. The molecule has 2 atom stereocenters. The van der Waals surface area contributed by atoms with E-state index in [2.05, 4.69) is 10.3 Å². The van der Waals surface area contributed by atoms with E-state index < -0.39 is 17.2 Å². The van der Waals surface area contributed by atoms with Gasteiger partial charge in [-0.3, -0.25) is 19.9 Å². The lowest BCUT2D eigenvalue weighted by Crippen LogP contribution is -2.42. The number of rotatable bonds is 1. The number of nitrogens with zero attached hydrogens (tertiary/aromatic N) is 3. The fourth-order valence-electron chi connectivity index (χ4n) is 3.10. The van der Waals surface area contributed by atoms with Gasteiger partial charge in [-0.2, -0.15) is 0 Å². The van der Waals surface area contributed by atoms with Crippen molar-refractivity contribution in [3.63, 3.8) is 0 Å². The number of amidine groups is 1. The molecule has 0 bridgehead atoms. The predicted molar refractivity (Wildman–Crippen MR) is 75.9 cm³/mol. The van der Waals surface area contributed by atoms with Crippen LogP contribution in [0.1, 0.15) is 18.7 Å². The summed E-state index contributed by atoms with van der Waals surface area (Å²) in [6.07, 6.45) is 2.92. The monoisotopic (exact) mass is 290 g/mol. The fraction of sp³-hybridized carbons (Fsp3) is 0.538. The molecule has 1 spiro atoms. The molecule has 0 radical (unpaired) electrons. The van der Waals surface area contributed by atoms with Gasteiger partial charge in [-0.15, -0.1) is 0 Å². The van der Waals surface area contributed by atoms with E-state index in [1.807, 2.05) is 11.5 Å². The zero-order valence-corrected chi connectivity index (χ0v) is 12.0. The van der Waals surface area contributed by atoms with Gasteiger partial charge in [-0.1, -0.05) is 0 Å². The van der Waals surface area contributed by atoms with E-state index in [1.54, 1.807) is 18.1 Å². The Morgan fingerprint density at radius 1 is 1.62 bits per heavy atom. The maximum atomic E-state index is 12.7. The summed E-state index contributed by atoms with van der Waals surface area (Å²) in [5.41, 5.74) is 4.58. The maximum absolute atomic E-state index is 12.7. The van der Waals surface area contributed by atoms with Crippen LogP contribution in [-0.4, -0.2) is 40.3 Å². The van der Waals surface area contributed by atoms with E-state index in [-0.39, 0.29) is 11.9 Å². The van der Waals surface area contributed by atoms with E-state index in [9.17, 15) is 9.59 Å². The van der Waals surface area contributed by atoms with E-state index in [1.165, 1.54) is 0 Å². The lowest BCUT2D eigenvalue weighted by molar-refractivity contribution is -0.123. The Morgan fingerprint density at radius 3 is 3.00 bits per heavy atom. The van der Waals surface area contributed by atoms with Crippen molar-refractivity contribution in [2.45, 2.75) is 32.4 Å². The van der Waals surface area contributed by atoms with Crippen molar-refractivity contribution in [3.8, 4) is 0 Å². The van der Waals surface area contributed by atoms with Crippen LogP contribution in [0.5, 0.6) is 0 Å². The summed E-state index contributed by atoms with van der Waals surface area (Å²) in [7, 11) is 1.73. The summed E-state index contributed by atoms with van der Waals surface area (Å²) in [5, 5.41) is 9.79. The minimum atomic E-state index is -0.617. The number of imidazole rings is 1.